The average Bonchev–Trinajstić information content (AvgIpc) is 2.78. The van der Waals surface area contributed by atoms with Gasteiger partial charge in [0.25, 0.3) is 11.8 Å². The number of anilines is 1. The first-order chi connectivity index (χ1) is 15.0. The molecule has 0 saturated heterocycles. The lowest BCUT2D eigenvalue weighted by molar-refractivity contribution is -0.122. The number of benzene rings is 3. The molecular formula is C25H25ClN2O3. The summed E-state index contributed by atoms with van der Waals surface area (Å²) in [5.74, 6) is -0.0906. The van der Waals surface area contributed by atoms with Crippen molar-refractivity contribution >= 4 is 29.1 Å². The highest BCUT2D eigenvalue weighted by Crippen LogP contribution is 2.21. The van der Waals surface area contributed by atoms with Gasteiger partial charge in [-0.3, -0.25) is 9.59 Å². The first-order valence-electron chi connectivity index (χ1n) is 10.2. The van der Waals surface area contributed by atoms with Crippen LogP contribution in [0.5, 0.6) is 5.75 Å². The molecule has 0 aliphatic rings. The quantitative estimate of drug-likeness (QED) is 0.481. The lowest BCUT2D eigenvalue weighted by Gasteiger charge is -2.19. The molecule has 0 spiro atoms. The van der Waals surface area contributed by atoms with Crippen LogP contribution in [0.4, 0.5) is 5.69 Å². The van der Waals surface area contributed by atoms with Crippen LogP contribution in [-0.4, -0.2) is 17.9 Å². The van der Waals surface area contributed by atoms with Crippen LogP contribution in [0.1, 0.15) is 42.2 Å². The van der Waals surface area contributed by atoms with Gasteiger partial charge in [-0.25, -0.2) is 0 Å². The van der Waals surface area contributed by atoms with Crippen molar-refractivity contribution < 1.29 is 14.3 Å². The van der Waals surface area contributed by atoms with E-state index in [1.54, 1.807) is 48.5 Å². The van der Waals surface area contributed by atoms with Gasteiger partial charge < -0.3 is 15.4 Å². The van der Waals surface area contributed by atoms with Crippen LogP contribution >= 0.6 is 11.6 Å². The van der Waals surface area contributed by atoms with Gasteiger partial charge in [0.2, 0.25) is 0 Å². The van der Waals surface area contributed by atoms with Gasteiger partial charge in [-0.05, 0) is 49.2 Å². The highest BCUT2D eigenvalue weighted by Gasteiger charge is 2.21. The predicted octanol–water partition coefficient (Wildman–Crippen LogP) is 5.63. The fourth-order valence-electron chi connectivity index (χ4n) is 3.13. The molecule has 2 atom stereocenters. The Kier molecular flexibility index (Phi) is 7.68. The van der Waals surface area contributed by atoms with Crippen molar-refractivity contribution in [1.82, 2.24) is 5.32 Å². The number of halogens is 1. The third-order valence-electron chi connectivity index (χ3n) is 4.81. The van der Waals surface area contributed by atoms with Gasteiger partial charge in [-0.1, -0.05) is 67.1 Å². The molecule has 0 aliphatic heterocycles. The maximum Gasteiger partial charge on any atom is 0.265 e. The number of carbonyl (C=O) groups is 2. The number of ether oxygens (including phenoxy) is 1. The minimum atomic E-state index is -0.724. The molecule has 0 bridgehead atoms. The van der Waals surface area contributed by atoms with Crippen molar-refractivity contribution in [2.75, 3.05) is 5.32 Å². The standard InChI is InChI=1S/C25H25ClN2O3/c1-3-23(31-20-13-9-12-19(26)16-20)25(30)28-22-15-8-7-14-21(22)24(29)27-17(2)18-10-5-4-6-11-18/h4-17,23H,3H2,1-2H3,(H,27,29)(H,28,30)/t17-,23-/m1/s1. The van der Waals surface area contributed by atoms with E-state index >= 15 is 0 Å². The summed E-state index contributed by atoms with van der Waals surface area (Å²) < 4.78 is 5.80. The molecule has 0 radical (unpaired) electrons. The smallest absolute Gasteiger partial charge is 0.265 e. The number of hydrogen-bond donors (Lipinski definition) is 2. The van der Waals surface area contributed by atoms with E-state index < -0.39 is 6.10 Å². The summed E-state index contributed by atoms with van der Waals surface area (Å²) in [4.78, 5) is 25.7. The Morgan fingerprint density at radius 3 is 2.39 bits per heavy atom. The number of para-hydroxylation sites is 1. The zero-order chi connectivity index (χ0) is 22.2. The molecule has 3 aromatic rings. The first-order valence-corrected chi connectivity index (χ1v) is 10.5. The summed E-state index contributed by atoms with van der Waals surface area (Å²) in [6.07, 6.45) is -0.268. The predicted molar refractivity (Wildman–Crippen MR) is 124 cm³/mol. The normalized spacial score (nSPS) is 12.5. The van der Waals surface area contributed by atoms with Crippen LogP contribution in [-0.2, 0) is 4.79 Å². The second-order valence-electron chi connectivity index (χ2n) is 7.11. The van der Waals surface area contributed by atoms with Gasteiger partial charge in [0.15, 0.2) is 6.10 Å². The fourth-order valence-corrected chi connectivity index (χ4v) is 3.31. The van der Waals surface area contributed by atoms with Gasteiger partial charge in [0, 0.05) is 5.02 Å². The largest absolute Gasteiger partial charge is 0.481 e. The third kappa shape index (κ3) is 6.09. The molecule has 0 aliphatic carbocycles. The topological polar surface area (TPSA) is 67.4 Å². The number of hydrogen-bond acceptors (Lipinski definition) is 3. The molecule has 31 heavy (non-hydrogen) atoms. The molecule has 0 saturated carbocycles. The number of rotatable bonds is 8. The highest BCUT2D eigenvalue weighted by atomic mass is 35.5. The van der Waals surface area contributed by atoms with Crippen molar-refractivity contribution in [2.24, 2.45) is 0 Å². The Hall–Kier alpha value is -3.31. The monoisotopic (exact) mass is 436 g/mol. The van der Waals surface area contributed by atoms with Crippen molar-refractivity contribution in [3.8, 4) is 5.75 Å². The van der Waals surface area contributed by atoms with Gasteiger partial charge in [-0.15, -0.1) is 0 Å². The molecule has 0 unspecified atom stereocenters. The first kappa shape index (κ1) is 22.4. The summed E-state index contributed by atoms with van der Waals surface area (Å²) in [7, 11) is 0. The zero-order valence-corrected chi connectivity index (χ0v) is 18.2. The van der Waals surface area contributed by atoms with E-state index in [2.05, 4.69) is 10.6 Å². The van der Waals surface area contributed by atoms with E-state index in [1.165, 1.54) is 0 Å². The van der Waals surface area contributed by atoms with Gasteiger partial charge in [0.05, 0.1) is 17.3 Å². The highest BCUT2D eigenvalue weighted by molar-refractivity contribution is 6.30. The SMILES string of the molecule is CC[C@@H](Oc1cccc(Cl)c1)C(=O)Nc1ccccc1C(=O)N[C@H](C)c1ccccc1. The number of nitrogens with one attached hydrogen (secondary N) is 2. The second kappa shape index (κ2) is 10.6. The van der Waals surface area contributed by atoms with Crippen molar-refractivity contribution in [1.29, 1.82) is 0 Å². The zero-order valence-electron chi connectivity index (χ0n) is 17.5. The van der Waals surface area contributed by atoms with Gasteiger partial charge in [-0.2, -0.15) is 0 Å². The van der Waals surface area contributed by atoms with E-state index in [4.69, 9.17) is 16.3 Å². The van der Waals surface area contributed by atoms with Crippen molar-refractivity contribution in [2.45, 2.75) is 32.4 Å². The van der Waals surface area contributed by atoms with E-state index in [-0.39, 0.29) is 17.9 Å². The van der Waals surface area contributed by atoms with Crippen LogP contribution < -0.4 is 15.4 Å². The molecular weight excluding hydrogens is 412 g/mol. The summed E-state index contributed by atoms with van der Waals surface area (Å²) >= 11 is 6.00. The summed E-state index contributed by atoms with van der Waals surface area (Å²) in [5.41, 5.74) is 1.81. The molecule has 0 heterocycles. The molecule has 160 valence electrons. The minimum absolute atomic E-state index is 0.174. The maximum atomic E-state index is 12.9. The molecule has 0 aromatic heterocycles. The Bertz CT molecular complexity index is 1040. The molecule has 3 aromatic carbocycles. The van der Waals surface area contributed by atoms with Gasteiger partial charge >= 0.3 is 0 Å². The Balaban J connectivity index is 1.71. The molecule has 3 rings (SSSR count). The van der Waals surface area contributed by atoms with Crippen LogP contribution in [0, 0.1) is 0 Å². The Morgan fingerprint density at radius 1 is 0.968 bits per heavy atom. The molecule has 2 N–H and O–H groups in total. The molecule has 5 nitrogen and oxygen atoms in total. The van der Waals surface area contributed by atoms with Crippen LogP contribution in [0.15, 0.2) is 78.9 Å². The Labute approximate surface area is 187 Å². The summed E-state index contributed by atoms with van der Waals surface area (Å²) in [6.45, 7) is 3.77. The van der Waals surface area contributed by atoms with Crippen molar-refractivity contribution in [3.63, 3.8) is 0 Å². The number of carbonyl (C=O) groups excluding carboxylic acids is 2. The van der Waals surface area contributed by atoms with Crippen molar-refractivity contribution in [3.05, 3.63) is 95.0 Å². The summed E-state index contributed by atoms with van der Waals surface area (Å²) in [5, 5.41) is 6.34. The average molecular weight is 437 g/mol. The van der Waals surface area contributed by atoms with E-state index in [0.29, 0.717) is 28.4 Å². The third-order valence-corrected chi connectivity index (χ3v) is 5.05. The number of amides is 2. The van der Waals surface area contributed by atoms with E-state index in [1.807, 2.05) is 44.2 Å². The fraction of sp³-hybridized carbons (Fsp3) is 0.200. The van der Waals surface area contributed by atoms with Crippen LogP contribution in [0.2, 0.25) is 5.02 Å². The molecule has 6 heteroatoms. The Morgan fingerprint density at radius 2 is 1.68 bits per heavy atom. The molecule has 2 amide bonds. The van der Waals surface area contributed by atoms with E-state index in [0.717, 1.165) is 5.56 Å². The van der Waals surface area contributed by atoms with E-state index in [9.17, 15) is 9.59 Å². The second-order valence-corrected chi connectivity index (χ2v) is 7.55. The van der Waals surface area contributed by atoms with Crippen LogP contribution in [0.25, 0.3) is 0 Å². The summed E-state index contributed by atoms with van der Waals surface area (Å²) in [6, 6.07) is 23.3. The lowest BCUT2D eigenvalue weighted by Crippen LogP contribution is -2.34. The lowest BCUT2D eigenvalue weighted by atomic mass is 10.1. The molecule has 0 fully saturated rings. The maximum absolute atomic E-state index is 12.9. The minimum Gasteiger partial charge on any atom is -0.481 e. The van der Waals surface area contributed by atoms with Crippen LogP contribution in [0.3, 0.4) is 0 Å². The van der Waals surface area contributed by atoms with Gasteiger partial charge in [0.1, 0.15) is 5.75 Å².